The summed E-state index contributed by atoms with van der Waals surface area (Å²) in [4.78, 5) is 45.4. The monoisotopic (exact) mass is 576 g/mol. The Morgan fingerprint density at radius 1 is 1.00 bits per heavy atom. The zero-order valence-corrected chi connectivity index (χ0v) is 22.1. The van der Waals surface area contributed by atoms with Crippen LogP contribution >= 0.6 is 22.6 Å². The van der Waals surface area contributed by atoms with Gasteiger partial charge in [-0.1, -0.05) is 0 Å². The molecule has 33 heavy (non-hydrogen) atoms. The minimum absolute atomic E-state index is 0.129. The summed E-state index contributed by atoms with van der Waals surface area (Å²) in [7, 11) is 0. The second-order valence-electron chi connectivity index (χ2n) is 9.93. The van der Waals surface area contributed by atoms with Crippen molar-refractivity contribution < 1.29 is 33.7 Å². The number of hydrogen-bond acceptors (Lipinski definition) is 8. The van der Waals surface area contributed by atoms with Crippen LogP contribution in [0.2, 0.25) is 0 Å². The zero-order chi connectivity index (χ0) is 25.4. The highest BCUT2D eigenvalue weighted by molar-refractivity contribution is 14.1. The first-order chi connectivity index (χ1) is 14.9. The van der Waals surface area contributed by atoms with Gasteiger partial charge in [0.2, 0.25) is 0 Å². The summed E-state index contributed by atoms with van der Waals surface area (Å²) in [5.41, 5.74) is -2.23. The third kappa shape index (κ3) is 7.17. The lowest BCUT2D eigenvalue weighted by atomic mass is 10.1. The van der Waals surface area contributed by atoms with Gasteiger partial charge in [0.15, 0.2) is 5.82 Å². The lowest BCUT2D eigenvalue weighted by Crippen LogP contribution is -2.41. The van der Waals surface area contributed by atoms with Crippen molar-refractivity contribution in [3.8, 4) is 0 Å². The fourth-order valence-corrected chi connectivity index (χ4v) is 3.67. The Bertz CT molecular complexity index is 1070. The average Bonchev–Trinajstić information content (AvgIpc) is 2.86. The maximum Gasteiger partial charge on any atom is 0.509 e. The number of carbonyl (C=O) groups is 3. The molecular weight excluding hydrogens is 547 g/mol. The van der Waals surface area contributed by atoms with E-state index < -0.39 is 35.1 Å². The van der Waals surface area contributed by atoms with Crippen molar-refractivity contribution >= 4 is 57.8 Å². The Hall–Kier alpha value is -2.64. The van der Waals surface area contributed by atoms with Gasteiger partial charge in [-0.05, 0) is 78.0 Å². The van der Waals surface area contributed by atoms with Gasteiger partial charge in [0, 0.05) is 9.77 Å². The van der Waals surface area contributed by atoms with Crippen LogP contribution in [0.4, 0.5) is 20.2 Å². The molecule has 0 radical (unpaired) electrons. The van der Waals surface area contributed by atoms with E-state index in [2.05, 4.69) is 9.97 Å². The van der Waals surface area contributed by atoms with Crippen LogP contribution in [0.3, 0.4) is 0 Å². The molecule has 0 spiro atoms. The number of fused-ring (bicyclic) bond motifs is 1. The molecule has 0 aromatic carbocycles. The number of nitrogens with zero attached hydrogens (tertiary/aromatic N) is 4. The van der Waals surface area contributed by atoms with Gasteiger partial charge in [0.1, 0.15) is 28.8 Å². The number of rotatable bonds is 4. The van der Waals surface area contributed by atoms with Gasteiger partial charge in [0.25, 0.3) is 0 Å². The Morgan fingerprint density at radius 3 is 2.09 bits per heavy atom. The molecule has 2 amide bonds. The van der Waals surface area contributed by atoms with E-state index >= 15 is 0 Å². The molecular formula is C21H29IN4O7. The molecule has 0 unspecified atom stereocenters. The maximum atomic E-state index is 12.6. The Labute approximate surface area is 205 Å². The van der Waals surface area contributed by atoms with Crippen LogP contribution in [-0.4, -0.2) is 54.8 Å². The van der Waals surface area contributed by atoms with E-state index in [0.717, 1.165) is 6.33 Å². The molecule has 0 saturated heterocycles. The first-order valence-corrected chi connectivity index (χ1v) is 11.2. The van der Waals surface area contributed by atoms with Crippen LogP contribution in [0, 0.1) is 3.57 Å². The average molecular weight is 576 g/mol. The van der Waals surface area contributed by atoms with Gasteiger partial charge in [-0.2, -0.15) is 4.90 Å². The third-order valence-corrected chi connectivity index (χ3v) is 4.68. The van der Waals surface area contributed by atoms with E-state index in [9.17, 15) is 19.5 Å². The molecule has 0 atom stereocenters. The lowest BCUT2D eigenvalue weighted by molar-refractivity contribution is -0.0579. The predicted octanol–water partition coefficient (Wildman–Crippen LogP) is 5.19. The van der Waals surface area contributed by atoms with Crippen LogP contribution < -0.4 is 4.90 Å². The normalized spacial score (nSPS) is 12.4. The fourth-order valence-electron chi connectivity index (χ4n) is 2.85. The fraction of sp³-hybridized carbons (Fsp3) is 0.571. The number of halogens is 1. The van der Waals surface area contributed by atoms with Crippen molar-refractivity contribution in [1.82, 2.24) is 14.5 Å². The topological polar surface area (TPSA) is 133 Å². The quantitative estimate of drug-likeness (QED) is 0.386. The molecule has 2 aromatic heterocycles. The summed E-state index contributed by atoms with van der Waals surface area (Å²) in [6, 6.07) is 0. The van der Waals surface area contributed by atoms with Crippen LogP contribution in [0.5, 0.6) is 0 Å². The van der Waals surface area contributed by atoms with Crippen molar-refractivity contribution in [2.75, 3.05) is 4.90 Å². The molecule has 2 rings (SSSR count). The minimum atomic E-state index is -1.54. The summed E-state index contributed by atoms with van der Waals surface area (Å²) in [5.74, 6) is -0.129. The molecule has 1 N–H and O–H groups in total. The molecule has 0 aliphatic carbocycles. The van der Waals surface area contributed by atoms with Crippen molar-refractivity contribution in [3.63, 3.8) is 0 Å². The Kier molecular flexibility index (Phi) is 7.51. The van der Waals surface area contributed by atoms with E-state index in [4.69, 9.17) is 14.2 Å². The second-order valence-corrected chi connectivity index (χ2v) is 11.1. The standard InChI is InChI=1S/C21H29IN4O7/c1-19(2,3)31-17(29)26(16(27)28)15-13-12(22)9-25(14(13)23-11-24-15)10-21(7,8)33-18(30)32-20(4,5)6/h9,11H,10H2,1-8H3,(H,27,28). The number of carbonyl (C=O) groups excluding carboxylic acids is 2. The van der Waals surface area contributed by atoms with E-state index in [1.807, 2.05) is 22.6 Å². The van der Waals surface area contributed by atoms with Crippen LogP contribution in [0.25, 0.3) is 11.0 Å². The van der Waals surface area contributed by atoms with Crippen molar-refractivity contribution in [3.05, 3.63) is 16.1 Å². The van der Waals surface area contributed by atoms with Gasteiger partial charge >= 0.3 is 18.3 Å². The largest absolute Gasteiger partial charge is 0.509 e. The highest BCUT2D eigenvalue weighted by Gasteiger charge is 2.34. The number of amides is 2. The Balaban J connectivity index is 2.44. The minimum Gasteiger partial charge on any atom is -0.464 e. The third-order valence-electron chi connectivity index (χ3n) is 3.87. The summed E-state index contributed by atoms with van der Waals surface area (Å²) < 4.78 is 18.2. The molecule has 0 fully saturated rings. The van der Waals surface area contributed by atoms with Gasteiger partial charge in [-0.15, -0.1) is 0 Å². The smallest absolute Gasteiger partial charge is 0.464 e. The molecule has 12 heteroatoms. The summed E-state index contributed by atoms with van der Waals surface area (Å²) in [6.07, 6.45) is -0.560. The number of ether oxygens (including phenoxy) is 3. The molecule has 2 aromatic rings. The van der Waals surface area contributed by atoms with Crippen LogP contribution in [-0.2, 0) is 20.8 Å². The molecule has 0 aliphatic rings. The summed E-state index contributed by atoms with van der Waals surface area (Å²) >= 11 is 2.00. The van der Waals surface area contributed by atoms with Gasteiger partial charge in [-0.25, -0.2) is 24.4 Å². The molecule has 2 heterocycles. The number of aromatic nitrogens is 3. The number of anilines is 1. The van der Waals surface area contributed by atoms with Crippen molar-refractivity contribution in [2.45, 2.75) is 78.7 Å². The van der Waals surface area contributed by atoms with E-state index in [0.29, 0.717) is 19.5 Å². The molecule has 0 bridgehead atoms. The van der Waals surface area contributed by atoms with Gasteiger partial charge in [-0.3, -0.25) is 0 Å². The molecule has 182 valence electrons. The summed E-state index contributed by atoms with van der Waals surface area (Å²) in [6.45, 7) is 13.7. The van der Waals surface area contributed by atoms with Crippen LogP contribution in [0.15, 0.2) is 12.5 Å². The molecule has 11 nitrogen and oxygen atoms in total. The number of imide groups is 1. The second kappa shape index (κ2) is 9.31. The Morgan fingerprint density at radius 2 is 1.58 bits per heavy atom. The van der Waals surface area contributed by atoms with E-state index in [1.165, 1.54) is 0 Å². The molecule has 0 aliphatic heterocycles. The molecule has 0 saturated carbocycles. The first kappa shape index (κ1) is 26.6. The number of hydrogen-bond donors (Lipinski definition) is 1. The predicted molar refractivity (Wildman–Crippen MR) is 128 cm³/mol. The van der Waals surface area contributed by atoms with E-state index in [-0.39, 0.29) is 12.4 Å². The van der Waals surface area contributed by atoms with Crippen LogP contribution in [0.1, 0.15) is 55.4 Å². The van der Waals surface area contributed by atoms with Gasteiger partial charge < -0.3 is 23.9 Å². The maximum absolute atomic E-state index is 12.6. The van der Waals surface area contributed by atoms with Crippen molar-refractivity contribution in [1.29, 1.82) is 0 Å². The highest BCUT2D eigenvalue weighted by atomic mass is 127. The van der Waals surface area contributed by atoms with Crippen molar-refractivity contribution in [2.24, 2.45) is 0 Å². The lowest BCUT2D eigenvalue weighted by Gasteiger charge is -2.28. The number of carboxylic acid groups (broad SMARTS) is 1. The van der Waals surface area contributed by atoms with E-state index in [1.54, 1.807) is 66.2 Å². The highest BCUT2D eigenvalue weighted by Crippen LogP contribution is 2.32. The zero-order valence-electron chi connectivity index (χ0n) is 19.9. The SMILES string of the molecule is CC(C)(C)OC(=O)OC(C)(C)Cn1cc(I)c2c(N(C(=O)O)C(=O)OC(C)(C)C)ncnc21. The van der Waals surface area contributed by atoms with Gasteiger partial charge in [0.05, 0.1) is 11.9 Å². The summed E-state index contributed by atoms with van der Waals surface area (Å²) in [5, 5.41) is 10.1. The first-order valence-electron chi connectivity index (χ1n) is 10.1.